The standard InChI is InChI=1S/C15H20OP6/c1-15(2)9-5-3-7-11(21(17)18)13(9)16-14-10(15)6-4-8-12(14)22(19)20/h3-8H,17-20H2,1-2H3. The monoisotopic (exact) mass is 402 g/mol. The molecular weight excluding hydrogens is 382 g/mol. The van der Waals surface area contributed by atoms with Crippen molar-refractivity contribution >= 4 is 60.9 Å². The van der Waals surface area contributed by atoms with E-state index < -0.39 is 0 Å². The molecule has 2 aromatic rings. The molecule has 0 saturated heterocycles. The Morgan fingerprint density at radius 1 is 0.773 bits per heavy atom. The summed E-state index contributed by atoms with van der Waals surface area (Å²) in [5, 5.41) is 2.57. The van der Waals surface area contributed by atoms with Gasteiger partial charge in [-0.2, -0.15) is 0 Å². The Bertz CT molecular complexity index is 666. The van der Waals surface area contributed by atoms with E-state index in [0.29, 0.717) is 0 Å². The minimum atomic E-state index is -0.363. The van der Waals surface area contributed by atoms with Crippen LogP contribution < -0.4 is 15.3 Å². The van der Waals surface area contributed by atoms with Gasteiger partial charge in [0.15, 0.2) is 0 Å². The summed E-state index contributed by atoms with van der Waals surface area (Å²) in [5.74, 6) is 2.10. The van der Waals surface area contributed by atoms with Crippen LogP contribution in [0, 0.1) is 0 Å². The molecule has 0 fully saturated rings. The van der Waals surface area contributed by atoms with E-state index in [-0.39, 0.29) is 20.0 Å². The number of benzene rings is 2. The third kappa shape index (κ3) is 2.93. The average molecular weight is 402 g/mol. The van der Waals surface area contributed by atoms with E-state index >= 15 is 0 Å². The number of ether oxygens (including phenoxy) is 1. The van der Waals surface area contributed by atoms with Gasteiger partial charge in [-0.05, 0) is 14.6 Å². The van der Waals surface area contributed by atoms with E-state index in [1.165, 1.54) is 21.7 Å². The molecule has 1 aliphatic rings. The summed E-state index contributed by atoms with van der Waals surface area (Å²) in [7, 11) is 10.9. The second kappa shape index (κ2) is 6.61. The van der Waals surface area contributed by atoms with Crippen LogP contribution >= 0.6 is 50.3 Å². The summed E-state index contributed by atoms with van der Waals surface area (Å²) in [6, 6.07) is 13.1. The molecule has 0 aromatic heterocycles. The molecule has 1 aliphatic heterocycles. The summed E-state index contributed by atoms with van der Waals surface area (Å²) >= 11 is 0. The number of rotatable bonds is 2. The lowest BCUT2D eigenvalue weighted by Gasteiger charge is -2.37. The van der Waals surface area contributed by atoms with Crippen molar-refractivity contribution in [2.75, 3.05) is 0 Å². The fourth-order valence-electron chi connectivity index (χ4n) is 2.90. The summed E-state index contributed by atoms with van der Waals surface area (Å²) in [6.45, 7) is 4.59. The molecule has 1 heterocycles. The predicted octanol–water partition coefficient (Wildman–Crippen LogP) is 5.49. The molecule has 0 radical (unpaired) electrons. The summed E-state index contributed by atoms with van der Waals surface area (Å²) in [5.41, 5.74) is 2.52. The fourth-order valence-corrected chi connectivity index (χ4v) is 6.66. The molecule has 1 nitrogen and oxygen atoms in total. The molecule has 22 heavy (non-hydrogen) atoms. The van der Waals surface area contributed by atoms with Crippen LogP contribution in [0.25, 0.3) is 0 Å². The largest absolute Gasteiger partial charge is 0.455 e. The van der Waals surface area contributed by atoms with Crippen LogP contribution in [0.1, 0.15) is 25.0 Å². The fraction of sp³-hybridized carbons (Fsp3) is 0.200. The van der Waals surface area contributed by atoms with Gasteiger partial charge >= 0.3 is 0 Å². The maximum absolute atomic E-state index is 6.48. The second-order valence-electron chi connectivity index (χ2n) is 5.85. The third-order valence-electron chi connectivity index (χ3n) is 4.10. The molecule has 116 valence electrons. The second-order valence-corrected chi connectivity index (χ2v) is 18.7. The first-order chi connectivity index (χ1) is 10.3. The first-order valence-corrected chi connectivity index (χ1v) is 16.0. The molecule has 0 spiro atoms. The van der Waals surface area contributed by atoms with E-state index in [2.05, 4.69) is 86.0 Å². The zero-order valence-electron chi connectivity index (χ0n) is 12.6. The minimum Gasteiger partial charge on any atom is -0.455 e. The number of para-hydroxylation sites is 2. The van der Waals surface area contributed by atoms with E-state index in [4.69, 9.17) is 4.74 Å². The van der Waals surface area contributed by atoms with Gasteiger partial charge < -0.3 is 4.74 Å². The van der Waals surface area contributed by atoms with Gasteiger partial charge in [-0.3, -0.25) is 0 Å². The van der Waals surface area contributed by atoms with Crippen LogP contribution in [-0.4, -0.2) is 0 Å². The van der Waals surface area contributed by atoms with Crippen LogP contribution in [-0.2, 0) is 5.41 Å². The van der Waals surface area contributed by atoms with Gasteiger partial charge in [-0.25, -0.2) is 0 Å². The van der Waals surface area contributed by atoms with Gasteiger partial charge in [0.1, 0.15) is 11.5 Å². The van der Waals surface area contributed by atoms with Gasteiger partial charge in [0.05, 0.1) is 0 Å². The highest BCUT2D eigenvalue weighted by atomic mass is 32.4. The van der Waals surface area contributed by atoms with Gasteiger partial charge in [0, 0.05) is 27.2 Å². The summed E-state index contributed by atoms with van der Waals surface area (Å²) in [4.78, 5) is 0. The van der Waals surface area contributed by atoms with Gasteiger partial charge in [0.2, 0.25) is 0 Å². The van der Waals surface area contributed by atoms with Crippen molar-refractivity contribution in [2.24, 2.45) is 0 Å². The maximum Gasteiger partial charge on any atom is 0.139 e. The van der Waals surface area contributed by atoms with Gasteiger partial charge in [-0.1, -0.05) is 50.2 Å². The smallest absolute Gasteiger partial charge is 0.139 e. The highest BCUT2D eigenvalue weighted by molar-refractivity contribution is 8.47. The molecule has 0 aliphatic carbocycles. The lowest BCUT2D eigenvalue weighted by Crippen LogP contribution is -2.28. The quantitative estimate of drug-likeness (QED) is 0.604. The Morgan fingerprint density at radius 3 is 1.55 bits per heavy atom. The van der Waals surface area contributed by atoms with E-state index in [9.17, 15) is 0 Å². The molecule has 4 unspecified atom stereocenters. The van der Waals surface area contributed by atoms with Crippen LogP contribution in [0.4, 0.5) is 0 Å². The van der Waals surface area contributed by atoms with E-state index in [0.717, 1.165) is 11.5 Å². The topological polar surface area (TPSA) is 9.23 Å². The SMILES string of the molecule is CC1(C)c2cccc(P(P)P)c2Oc2c(P(P)P)cccc21. The highest BCUT2D eigenvalue weighted by Crippen LogP contribution is 2.59. The number of hydrogen-bond donors (Lipinski definition) is 0. The Kier molecular flexibility index (Phi) is 5.30. The van der Waals surface area contributed by atoms with Crippen LogP contribution in [0.15, 0.2) is 36.4 Å². The van der Waals surface area contributed by atoms with Crippen molar-refractivity contribution in [3.63, 3.8) is 0 Å². The molecule has 3 rings (SSSR count). The lowest BCUT2D eigenvalue weighted by molar-refractivity contribution is 0.425. The lowest BCUT2D eigenvalue weighted by atomic mass is 9.76. The van der Waals surface area contributed by atoms with Crippen molar-refractivity contribution in [3.05, 3.63) is 47.5 Å². The number of hydrogen-bond acceptors (Lipinski definition) is 1. The van der Waals surface area contributed by atoms with Crippen LogP contribution in [0.5, 0.6) is 11.5 Å². The minimum absolute atomic E-state index is 0.0453. The predicted molar refractivity (Wildman–Crippen MR) is 117 cm³/mol. The Hall–Kier alpha value is 0.820. The molecule has 7 heteroatoms. The first kappa shape index (κ1) is 17.6. The van der Waals surface area contributed by atoms with Crippen molar-refractivity contribution in [2.45, 2.75) is 19.3 Å². The van der Waals surface area contributed by atoms with Crippen molar-refractivity contribution in [3.8, 4) is 11.5 Å². The highest BCUT2D eigenvalue weighted by Gasteiger charge is 2.37. The van der Waals surface area contributed by atoms with Crippen LogP contribution in [0.3, 0.4) is 0 Å². The molecule has 0 amide bonds. The van der Waals surface area contributed by atoms with Crippen molar-refractivity contribution in [1.82, 2.24) is 0 Å². The van der Waals surface area contributed by atoms with Crippen molar-refractivity contribution in [1.29, 1.82) is 0 Å². The first-order valence-electron chi connectivity index (χ1n) is 6.88. The maximum atomic E-state index is 6.48. The normalized spacial score (nSPS) is 15.5. The molecule has 0 saturated carbocycles. The number of fused-ring (bicyclic) bond motifs is 2. The molecule has 2 aromatic carbocycles. The molecule has 0 N–H and O–H groups in total. The van der Waals surface area contributed by atoms with Gasteiger partial charge in [0.25, 0.3) is 0 Å². The molecular formula is C15H20OP6. The Labute approximate surface area is 144 Å². The molecule has 4 atom stereocenters. The van der Waals surface area contributed by atoms with Crippen LogP contribution in [0.2, 0.25) is 0 Å². The zero-order chi connectivity index (χ0) is 16.1. The summed E-state index contributed by atoms with van der Waals surface area (Å²) in [6.07, 6.45) is 0. The average Bonchev–Trinajstić information content (AvgIpc) is 2.46. The van der Waals surface area contributed by atoms with Gasteiger partial charge in [-0.15, -0.1) is 35.7 Å². The van der Waals surface area contributed by atoms with E-state index in [1.54, 1.807) is 0 Å². The van der Waals surface area contributed by atoms with Crippen molar-refractivity contribution < 1.29 is 4.74 Å². The Morgan fingerprint density at radius 2 is 1.18 bits per heavy atom. The van der Waals surface area contributed by atoms with E-state index in [1.807, 2.05) is 0 Å². The Balaban J connectivity index is 2.29. The third-order valence-corrected chi connectivity index (χ3v) is 9.25. The molecule has 0 bridgehead atoms. The summed E-state index contributed by atoms with van der Waals surface area (Å²) < 4.78 is 6.48. The zero-order valence-corrected chi connectivity index (χ0v) is 19.0.